The number of carbonyl (C=O) groups excluding carboxylic acids is 2. The molecule has 3 N–H and O–H groups in total. The van der Waals surface area contributed by atoms with Crippen LogP contribution in [0.5, 0.6) is 0 Å². The zero-order chi connectivity index (χ0) is 25.7. The number of fused-ring (bicyclic) bond motifs is 2. The van der Waals surface area contributed by atoms with E-state index in [0.717, 1.165) is 24.8 Å². The summed E-state index contributed by atoms with van der Waals surface area (Å²) in [5, 5.41) is 25.1. The lowest BCUT2D eigenvalue weighted by atomic mass is 9.57. The Hall–Kier alpha value is -2.48. The number of rotatable bonds is 2. The third-order valence-corrected chi connectivity index (χ3v) is 9.01. The van der Waals surface area contributed by atoms with E-state index in [1.165, 1.54) is 12.2 Å². The highest BCUT2D eigenvalue weighted by atomic mass is 16.8. The summed E-state index contributed by atoms with van der Waals surface area (Å²) < 4.78 is 12.1. The van der Waals surface area contributed by atoms with Crippen LogP contribution in [0.1, 0.15) is 52.0 Å². The smallest absolute Gasteiger partial charge is 0.331 e. The van der Waals surface area contributed by atoms with Crippen LogP contribution in [0, 0.1) is 23.7 Å². The van der Waals surface area contributed by atoms with Crippen molar-refractivity contribution >= 4 is 11.9 Å². The summed E-state index contributed by atoms with van der Waals surface area (Å²) in [5.74, 6) is -3.96. The number of allylic oxidation sites excluding steroid dienone is 1. The van der Waals surface area contributed by atoms with Crippen molar-refractivity contribution in [1.82, 2.24) is 5.32 Å². The standard InChI is InChI=1S/C29H37NO6/c1-18-9-7-13-21(31)15-16-24(32)35-28-23(14-8-10-18)29(34)27(3,36-29)19(2)25(28)22(30-26(28)33)17-20-11-5-4-6-12-20/h4-6,8,11-12,14-16,18-19,21-23,25,31,34H,7,9-10,13,17H2,1-3H3,(H,30,33). The van der Waals surface area contributed by atoms with Crippen molar-refractivity contribution < 1.29 is 29.3 Å². The molecular weight excluding hydrogens is 458 g/mol. The van der Waals surface area contributed by atoms with E-state index >= 15 is 0 Å². The molecule has 1 aromatic carbocycles. The van der Waals surface area contributed by atoms with E-state index in [1.807, 2.05) is 56.3 Å². The first-order valence-electron chi connectivity index (χ1n) is 13.1. The fourth-order valence-corrected chi connectivity index (χ4v) is 6.84. The van der Waals surface area contributed by atoms with Crippen molar-refractivity contribution in [3.05, 3.63) is 60.2 Å². The van der Waals surface area contributed by atoms with Crippen LogP contribution < -0.4 is 5.32 Å². The van der Waals surface area contributed by atoms with Gasteiger partial charge in [0.15, 0.2) is 0 Å². The molecule has 9 unspecified atom stereocenters. The Kier molecular flexibility index (Phi) is 6.38. The summed E-state index contributed by atoms with van der Waals surface area (Å²) in [6, 6.07) is 9.58. The molecule has 194 valence electrons. The normalized spacial score (nSPS) is 44.5. The number of amides is 1. The van der Waals surface area contributed by atoms with Crippen LogP contribution in [0.2, 0.25) is 0 Å². The van der Waals surface area contributed by atoms with E-state index in [9.17, 15) is 19.8 Å². The van der Waals surface area contributed by atoms with Gasteiger partial charge in [-0.15, -0.1) is 0 Å². The molecule has 7 heteroatoms. The maximum absolute atomic E-state index is 13.9. The van der Waals surface area contributed by atoms with Gasteiger partial charge in [-0.3, -0.25) is 4.79 Å². The number of benzene rings is 1. The van der Waals surface area contributed by atoms with Gasteiger partial charge in [0.1, 0.15) is 5.60 Å². The first-order chi connectivity index (χ1) is 17.1. The van der Waals surface area contributed by atoms with Crippen LogP contribution in [0.15, 0.2) is 54.6 Å². The van der Waals surface area contributed by atoms with E-state index in [4.69, 9.17) is 9.47 Å². The lowest BCUT2D eigenvalue weighted by molar-refractivity contribution is -0.193. The third-order valence-electron chi connectivity index (χ3n) is 9.01. The fourth-order valence-electron chi connectivity index (χ4n) is 6.84. The maximum Gasteiger partial charge on any atom is 0.331 e. The average Bonchev–Trinajstić information content (AvgIpc) is 3.32. The molecular formula is C29H37NO6. The second-order valence-electron chi connectivity index (χ2n) is 11.3. The van der Waals surface area contributed by atoms with Gasteiger partial charge in [0.05, 0.1) is 12.0 Å². The molecule has 3 heterocycles. The molecule has 1 aliphatic carbocycles. The fraction of sp³-hybridized carbons (Fsp3) is 0.586. The molecule has 3 aliphatic heterocycles. The van der Waals surface area contributed by atoms with Gasteiger partial charge in [-0.1, -0.05) is 69.2 Å². The summed E-state index contributed by atoms with van der Waals surface area (Å²) in [4.78, 5) is 27.0. The van der Waals surface area contributed by atoms with Gasteiger partial charge in [-0.25, -0.2) is 4.79 Å². The van der Waals surface area contributed by atoms with Crippen LogP contribution in [0.25, 0.3) is 0 Å². The van der Waals surface area contributed by atoms with Crippen molar-refractivity contribution in [3.63, 3.8) is 0 Å². The predicted octanol–water partition coefficient (Wildman–Crippen LogP) is 3.05. The number of aliphatic hydroxyl groups excluding tert-OH is 1. The van der Waals surface area contributed by atoms with Gasteiger partial charge in [0.2, 0.25) is 11.4 Å². The maximum atomic E-state index is 13.9. The first-order valence-corrected chi connectivity index (χ1v) is 13.1. The number of epoxide rings is 1. The Bertz CT molecular complexity index is 1070. The Morgan fingerprint density at radius 2 is 1.86 bits per heavy atom. The van der Waals surface area contributed by atoms with E-state index in [2.05, 4.69) is 12.2 Å². The average molecular weight is 496 g/mol. The molecule has 7 nitrogen and oxygen atoms in total. The number of esters is 1. The van der Waals surface area contributed by atoms with E-state index in [0.29, 0.717) is 18.8 Å². The predicted molar refractivity (Wildman–Crippen MR) is 133 cm³/mol. The van der Waals surface area contributed by atoms with Crippen molar-refractivity contribution in [2.45, 2.75) is 82.0 Å². The molecule has 36 heavy (non-hydrogen) atoms. The third kappa shape index (κ3) is 3.92. The molecule has 4 aliphatic rings. The minimum Gasteiger partial charge on any atom is -0.445 e. The molecule has 1 saturated carbocycles. The summed E-state index contributed by atoms with van der Waals surface area (Å²) in [7, 11) is 0. The van der Waals surface area contributed by atoms with Gasteiger partial charge < -0.3 is 25.0 Å². The lowest BCUT2D eigenvalue weighted by Crippen LogP contribution is -2.65. The van der Waals surface area contributed by atoms with E-state index < -0.39 is 46.8 Å². The summed E-state index contributed by atoms with van der Waals surface area (Å²) in [6.45, 7) is 5.98. The monoisotopic (exact) mass is 495 g/mol. The molecule has 3 fully saturated rings. The van der Waals surface area contributed by atoms with Gasteiger partial charge in [0, 0.05) is 18.0 Å². The van der Waals surface area contributed by atoms with Gasteiger partial charge in [0.25, 0.3) is 5.91 Å². The number of nitrogens with one attached hydrogen (secondary N) is 1. The number of aliphatic hydroxyl groups is 2. The Morgan fingerprint density at radius 1 is 1.11 bits per heavy atom. The van der Waals surface area contributed by atoms with Crippen LogP contribution in [0.3, 0.4) is 0 Å². The zero-order valence-electron chi connectivity index (χ0n) is 21.2. The van der Waals surface area contributed by atoms with E-state index in [-0.39, 0.29) is 12.0 Å². The van der Waals surface area contributed by atoms with Crippen LogP contribution in [-0.4, -0.2) is 51.2 Å². The van der Waals surface area contributed by atoms with Crippen LogP contribution in [-0.2, 0) is 25.5 Å². The highest BCUT2D eigenvalue weighted by Gasteiger charge is 2.86. The molecule has 5 rings (SSSR count). The Morgan fingerprint density at radius 3 is 2.61 bits per heavy atom. The number of hydrogen-bond acceptors (Lipinski definition) is 6. The molecule has 2 saturated heterocycles. The topological polar surface area (TPSA) is 108 Å². The SMILES string of the molecule is CC1CC=CC2C3(OC(=O)C=CC(O)CCC1)C(=O)NC(Cc1ccccc1)C3C(C)C1(C)OC21O. The second kappa shape index (κ2) is 9.12. The number of carbonyl (C=O) groups is 2. The van der Waals surface area contributed by atoms with Crippen molar-refractivity contribution in [2.75, 3.05) is 0 Å². The summed E-state index contributed by atoms with van der Waals surface area (Å²) >= 11 is 0. The van der Waals surface area contributed by atoms with Gasteiger partial charge in [-0.05, 0) is 49.7 Å². The second-order valence-corrected chi connectivity index (χ2v) is 11.3. The highest BCUT2D eigenvalue weighted by Crippen LogP contribution is 2.68. The number of hydrogen-bond donors (Lipinski definition) is 3. The molecule has 1 spiro atoms. The van der Waals surface area contributed by atoms with Gasteiger partial charge >= 0.3 is 5.97 Å². The minimum atomic E-state index is -1.64. The molecule has 9 atom stereocenters. The van der Waals surface area contributed by atoms with Gasteiger partial charge in [-0.2, -0.15) is 0 Å². The molecule has 0 bridgehead atoms. The van der Waals surface area contributed by atoms with Crippen molar-refractivity contribution in [3.8, 4) is 0 Å². The molecule has 1 amide bonds. The highest BCUT2D eigenvalue weighted by molar-refractivity contribution is 5.94. The Labute approximate surface area is 212 Å². The zero-order valence-corrected chi connectivity index (χ0v) is 21.2. The van der Waals surface area contributed by atoms with Crippen molar-refractivity contribution in [1.29, 1.82) is 0 Å². The number of ether oxygens (including phenoxy) is 2. The first kappa shape index (κ1) is 25.2. The lowest BCUT2D eigenvalue weighted by Gasteiger charge is -2.47. The summed E-state index contributed by atoms with van der Waals surface area (Å²) in [6.07, 6.45) is 9.31. The molecule has 1 aromatic rings. The van der Waals surface area contributed by atoms with Crippen LogP contribution in [0.4, 0.5) is 0 Å². The molecule has 0 radical (unpaired) electrons. The van der Waals surface area contributed by atoms with E-state index in [1.54, 1.807) is 0 Å². The minimum absolute atomic E-state index is 0.278. The molecule has 0 aromatic heterocycles. The largest absolute Gasteiger partial charge is 0.445 e. The Balaban J connectivity index is 1.60. The quantitative estimate of drug-likeness (QED) is 0.331. The van der Waals surface area contributed by atoms with Crippen molar-refractivity contribution in [2.24, 2.45) is 23.7 Å². The summed E-state index contributed by atoms with van der Waals surface area (Å²) in [5.41, 5.74) is -1.45. The van der Waals surface area contributed by atoms with Crippen LogP contribution >= 0.6 is 0 Å².